The molecule has 0 spiro atoms. The van der Waals surface area contributed by atoms with Crippen molar-refractivity contribution in [2.24, 2.45) is 0 Å². The van der Waals surface area contributed by atoms with Crippen LogP contribution in [0.2, 0.25) is 0 Å². The average molecular weight is 369 g/mol. The second kappa shape index (κ2) is 7.99. The number of para-hydroxylation sites is 1. The van der Waals surface area contributed by atoms with Crippen molar-refractivity contribution >= 4 is 5.91 Å². The van der Waals surface area contributed by atoms with Crippen molar-refractivity contribution in [2.45, 2.75) is 12.9 Å². The number of hydrogen-bond donors (Lipinski definition) is 0. The monoisotopic (exact) mass is 369 g/mol. The van der Waals surface area contributed by atoms with Gasteiger partial charge in [0.2, 0.25) is 0 Å². The minimum Gasteiger partial charge on any atom is -0.497 e. The Kier molecular flexibility index (Phi) is 5.97. The fourth-order valence-corrected chi connectivity index (χ4v) is 2.34. The third-order valence-corrected chi connectivity index (χ3v) is 3.55. The van der Waals surface area contributed by atoms with Gasteiger partial charge in [-0.2, -0.15) is 0 Å². The fraction of sp³-hybridized carbons (Fsp3) is 0.278. The highest BCUT2D eigenvalue weighted by Gasteiger charge is 2.32. The lowest BCUT2D eigenvalue weighted by molar-refractivity contribution is -0.275. The van der Waals surface area contributed by atoms with Crippen LogP contribution in [0.25, 0.3) is 0 Å². The van der Waals surface area contributed by atoms with Gasteiger partial charge in [-0.3, -0.25) is 4.79 Å². The molecule has 0 fully saturated rings. The maximum Gasteiger partial charge on any atom is 0.573 e. The van der Waals surface area contributed by atoms with E-state index in [2.05, 4.69) is 4.74 Å². The third-order valence-electron chi connectivity index (χ3n) is 3.55. The number of ether oxygens (including phenoxy) is 3. The second-order valence-electron chi connectivity index (χ2n) is 5.42. The molecular formula is C18H18F3NO4. The number of amides is 1. The van der Waals surface area contributed by atoms with Crippen molar-refractivity contribution in [2.75, 3.05) is 21.3 Å². The Morgan fingerprint density at radius 1 is 1.04 bits per heavy atom. The van der Waals surface area contributed by atoms with Crippen molar-refractivity contribution < 1.29 is 32.2 Å². The molecule has 1 amide bonds. The molecule has 0 unspecified atom stereocenters. The van der Waals surface area contributed by atoms with Gasteiger partial charge in [-0.15, -0.1) is 13.2 Å². The predicted molar refractivity (Wildman–Crippen MR) is 88.5 cm³/mol. The zero-order valence-electron chi connectivity index (χ0n) is 14.5. The van der Waals surface area contributed by atoms with Crippen LogP contribution in [0.15, 0.2) is 42.5 Å². The van der Waals surface area contributed by atoms with E-state index < -0.39 is 12.3 Å². The number of carbonyl (C=O) groups is 1. The lowest BCUT2D eigenvalue weighted by Crippen LogP contribution is -2.27. The Hall–Kier alpha value is -2.90. The van der Waals surface area contributed by atoms with E-state index in [1.54, 1.807) is 12.1 Å². The summed E-state index contributed by atoms with van der Waals surface area (Å²) in [6.45, 7) is -0.0649. The summed E-state index contributed by atoms with van der Waals surface area (Å²) in [5.41, 5.74) is 0.522. The van der Waals surface area contributed by atoms with Crippen molar-refractivity contribution in [1.29, 1.82) is 0 Å². The van der Waals surface area contributed by atoms with E-state index in [-0.39, 0.29) is 23.4 Å². The molecule has 0 saturated heterocycles. The van der Waals surface area contributed by atoms with Crippen molar-refractivity contribution in [3.05, 3.63) is 53.6 Å². The molecule has 0 aromatic heterocycles. The molecule has 0 aliphatic heterocycles. The first-order valence-corrected chi connectivity index (χ1v) is 7.55. The number of alkyl halides is 3. The van der Waals surface area contributed by atoms with Crippen molar-refractivity contribution in [1.82, 2.24) is 4.90 Å². The van der Waals surface area contributed by atoms with E-state index in [4.69, 9.17) is 9.47 Å². The highest BCUT2D eigenvalue weighted by Crippen LogP contribution is 2.28. The first kappa shape index (κ1) is 19.4. The van der Waals surface area contributed by atoms with Crippen LogP contribution in [0.4, 0.5) is 13.2 Å². The smallest absolute Gasteiger partial charge is 0.497 e. The van der Waals surface area contributed by atoms with E-state index in [0.717, 1.165) is 0 Å². The minimum atomic E-state index is -4.81. The summed E-state index contributed by atoms with van der Waals surface area (Å²) in [7, 11) is 4.40. The number of benzene rings is 2. The summed E-state index contributed by atoms with van der Waals surface area (Å²) >= 11 is 0. The van der Waals surface area contributed by atoms with Crippen molar-refractivity contribution in [3.8, 4) is 17.2 Å². The van der Waals surface area contributed by atoms with Crippen LogP contribution in [0, 0.1) is 0 Å². The van der Waals surface area contributed by atoms with Crippen LogP contribution in [-0.4, -0.2) is 38.4 Å². The molecule has 0 aliphatic rings. The van der Waals surface area contributed by atoms with Gasteiger partial charge in [0.05, 0.1) is 14.2 Å². The molecule has 2 aromatic rings. The van der Waals surface area contributed by atoms with Crippen LogP contribution in [0.3, 0.4) is 0 Å². The quantitative estimate of drug-likeness (QED) is 0.776. The van der Waals surface area contributed by atoms with E-state index >= 15 is 0 Å². The van der Waals surface area contributed by atoms with Gasteiger partial charge in [-0.1, -0.05) is 18.2 Å². The fourth-order valence-electron chi connectivity index (χ4n) is 2.34. The Morgan fingerprint density at radius 2 is 1.62 bits per heavy atom. The molecule has 26 heavy (non-hydrogen) atoms. The highest BCUT2D eigenvalue weighted by atomic mass is 19.4. The Morgan fingerprint density at radius 3 is 2.15 bits per heavy atom. The molecule has 8 heteroatoms. The maximum atomic E-state index is 12.6. The normalized spacial score (nSPS) is 11.0. The zero-order chi connectivity index (χ0) is 19.3. The van der Waals surface area contributed by atoms with Gasteiger partial charge >= 0.3 is 6.36 Å². The SMILES string of the molecule is COc1cc(OC)cc(C(=O)N(C)Cc2ccccc2OC(F)(F)F)c1. The van der Waals surface area contributed by atoms with Crippen LogP contribution >= 0.6 is 0 Å². The summed E-state index contributed by atoms with van der Waals surface area (Å²) < 4.78 is 51.8. The van der Waals surface area contributed by atoms with E-state index in [9.17, 15) is 18.0 Å². The molecule has 0 radical (unpaired) electrons. The summed E-state index contributed by atoms with van der Waals surface area (Å²) in [4.78, 5) is 13.9. The Bertz CT molecular complexity index is 755. The van der Waals surface area contributed by atoms with Crippen LogP contribution in [0.1, 0.15) is 15.9 Å². The zero-order valence-corrected chi connectivity index (χ0v) is 14.5. The molecule has 2 rings (SSSR count). The van der Waals surface area contributed by atoms with Crippen LogP contribution in [-0.2, 0) is 6.54 Å². The number of nitrogens with zero attached hydrogens (tertiary/aromatic N) is 1. The summed E-state index contributed by atoms with van der Waals surface area (Å²) in [5, 5.41) is 0. The lowest BCUT2D eigenvalue weighted by atomic mass is 10.1. The molecule has 0 N–H and O–H groups in total. The van der Waals surface area contributed by atoms with Gasteiger partial charge in [0.25, 0.3) is 5.91 Å². The van der Waals surface area contributed by atoms with Crippen molar-refractivity contribution in [3.63, 3.8) is 0 Å². The van der Waals surface area contributed by atoms with Gasteiger partial charge in [0, 0.05) is 30.8 Å². The van der Waals surface area contributed by atoms with Gasteiger partial charge in [-0.05, 0) is 18.2 Å². The van der Waals surface area contributed by atoms with Gasteiger partial charge in [0.1, 0.15) is 17.2 Å². The average Bonchev–Trinajstić information content (AvgIpc) is 2.60. The second-order valence-corrected chi connectivity index (χ2v) is 5.42. The standard InChI is InChI=1S/C18H18F3NO4/c1-22(11-12-6-4-5-7-16(12)26-18(19,20)21)17(23)13-8-14(24-2)10-15(9-13)25-3/h4-10H,11H2,1-3H3. The number of hydrogen-bond acceptors (Lipinski definition) is 4. The maximum absolute atomic E-state index is 12.6. The van der Waals surface area contributed by atoms with Gasteiger partial charge < -0.3 is 19.1 Å². The molecule has 140 valence electrons. The molecule has 0 aliphatic carbocycles. The largest absolute Gasteiger partial charge is 0.573 e. The number of methoxy groups -OCH3 is 2. The topological polar surface area (TPSA) is 48.0 Å². The van der Waals surface area contributed by atoms with E-state index in [1.165, 1.54) is 56.5 Å². The number of halogens is 3. The minimum absolute atomic E-state index is 0.0649. The Balaban J connectivity index is 2.23. The van der Waals surface area contributed by atoms with Gasteiger partial charge in [-0.25, -0.2) is 0 Å². The number of carbonyl (C=O) groups excluding carboxylic acids is 1. The molecule has 2 aromatic carbocycles. The number of rotatable bonds is 6. The summed E-state index contributed by atoms with van der Waals surface area (Å²) in [5.74, 6) is 0.121. The molecule has 0 saturated carbocycles. The third kappa shape index (κ3) is 5.05. The Labute approximate surface area is 148 Å². The van der Waals surface area contributed by atoms with E-state index in [1.807, 2.05) is 0 Å². The molecule has 0 heterocycles. The molecule has 5 nitrogen and oxygen atoms in total. The predicted octanol–water partition coefficient (Wildman–Crippen LogP) is 3.87. The first-order chi connectivity index (χ1) is 12.2. The lowest BCUT2D eigenvalue weighted by Gasteiger charge is -2.20. The van der Waals surface area contributed by atoms with Crippen LogP contribution < -0.4 is 14.2 Å². The summed E-state index contributed by atoms with van der Waals surface area (Å²) in [6.07, 6.45) is -4.81. The van der Waals surface area contributed by atoms with Crippen LogP contribution in [0.5, 0.6) is 17.2 Å². The highest BCUT2D eigenvalue weighted by molar-refractivity contribution is 5.95. The summed E-state index contributed by atoms with van der Waals surface area (Å²) in [6, 6.07) is 10.3. The molecular weight excluding hydrogens is 351 g/mol. The first-order valence-electron chi connectivity index (χ1n) is 7.55. The van der Waals surface area contributed by atoms with Gasteiger partial charge in [0.15, 0.2) is 0 Å². The molecule has 0 atom stereocenters. The molecule has 0 bridgehead atoms. The van der Waals surface area contributed by atoms with E-state index in [0.29, 0.717) is 11.5 Å².